The van der Waals surface area contributed by atoms with Crippen LogP contribution >= 0.6 is 11.8 Å². The van der Waals surface area contributed by atoms with Crippen LogP contribution in [0.5, 0.6) is 5.75 Å². The molecule has 2 aromatic carbocycles. The third-order valence-corrected chi connectivity index (χ3v) is 7.35. The minimum atomic E-state index is -0.0343. The maximum atomic E-state index is 12.7. The first-order valence-corrected chi connectivity index (χ1v) is 12.8. The van der Waals surface area contributed by atoms with Crippen molar-refractivity contribution in [3.8, 4) is 5.75 Å². The smallest absolute Gasteiger partial charge is 0.234 e. The molecule has 1 amide bonds. The summed E-state index contributed by atoms with van der Waals surface area (Å²) in [7, 11) is 1.67. The van der Waals surface area contributed by atoms with E-state index in [0.29, 0.717) is 18.3 Å². The summed E-state index contributed by atoms with van der Waals surface area (Å²) in [5.41, 5.74) is 4.09. The molecular formula is C26H33N5O2S. The van der Waals surface area contributed by atoms with Crippen molar-refractivity contribution >= 4 is 29.0 Å². The fourth-order valence-corrected chi connectivity index (χ4v) is 5.17. The molecule has 0 saturated heterocycles. The number of nitrogens with zero attached hydrogens (tertiary/aromatic N) is 3. The van der Waals surface area contributed by atoms with Gasteiger partial charge in [-0.25, -0.2) is 0 Å². The van der Waals surface area contributed by atoms with Crippen molar-refractivity contribution in [1.82, 2.24) is 14.8 Å². The summed E-state index contributed by atoms with van der Waals surface area (Å²) < 4.78 is 7.58. The molecule has 1 aliphatic rings. The summed E-state index contributed by atoms with van der Waals surface area (Å²) in [4.78, 5) is 12.7. The quantitative estimate of drug-likeness (QED) is 0.380. The number of rotatable bonds is 9. The van der Waals surface area contributed by atoms with Gasteiger partial charge < -0.3 is 19.9 Å². The molecule has 3 aromatic rings. The van der Waals surface area contributed by atoms with E-state index in [2.05, 4.69) is 25.4 Å². The van der Waals surface area contributed by atoms with E-state index in [4.69, 9.17) is 4.74 Å². The van der Waals surface area contributed by atoms with Gasteiger partial charge in [-0.1, -0.05) is 49.2 Å². The first-order valence-electron chi connectivity index (χ1n) is 11.9. The van der Waals surface area contributed by atoms with Crippen LogP contribution in [0.4, 0.5) is 11.4 Å². The third kappa shape index (κ3) is 5.91. The molecular weight excluding hydrogens is 446 g/mol. The molecule has 1 aliphatic carbocycles. The predicted molar refractivity (Wildman–Crippen MR) is 138 cm³/mol. The summed E-state index contributed by atoms with van der Waals surface area (Å²) in [6, 6.07) is 14.2. The predicted octanol–water partition coefficient (Wildman–Crippen LogP) is 5.75. The van der Waals surface area contributed by atoms with Gasteiger partial charge in [0, 0.05) is 23.5 Å². The van der Waals surface area contributed by atoms with E-state index in [0.717, 1.165) is 52.1 Å². The van der Waals surface area contributed by atoms with Crippen LogP contribution in [-0.4, -0.2) is 33.5 Å². The lowest BCUT2D eigenvalue weighted by Crippen LogP contribution is -2.19. The van der Waals surface area contributed by atoms with Crippen LogP contribution in [-0.2, 0) is 11.3 Å². The number of thioether (sulfide) groups is 1. The van der Waals surface area contributed by atoms with Gasteiger partial charge in [0.25, 0.3) is 0 Å². The van der Waals surface area contributed by atoms with E-state index in [1.807, 2.05) is 56.3 Å². The van der Waals surface area contributed by atoms with Crippen molar-refractivity contribution in [2.24, 2.45) is 0 Å². The van der Waals surface area contributed by atoms with Crippen molar-refractivity contribution in [3.63, 3.8) is 0 Å². The van der Waals surface area contributed by atoms with Crippen LogP contribution < -0.4 is 15.4 Å². The lowest BCUT2D eigenvalue weighted by atomic mass is 9.95. The Morgan fingerprint density at radius 2 is 1.91 bits per heavy atom. The number of nitrogens with one attached hydrogen (secondary N) is 2. The Hall–Kier alpha value is -3.00. The summed E-state index contributed by atoms with van der Waals surface area (Å²) in [5, 5.41) is 16.3. The Labute approximate surface area is 205 Å². The van der Waals surface area contributed by atoms with Gasteiger partial charge in [-0.3, -0.25) is 4.79 Å². The van der Waals surface area contributed by atoms with Gasteiger partial charge in [0.1, 0.15) is 5.75 Å². The number of ether oxygens (including phenoxy) is 1. The molecule has 8 heteroatoms. The number of anilines is 2. The van der Waals surface area contributed by atoms with Crippen molar-refractivity contribution in [3.05, 3.63) is 59.4 Å². The molecule has 1 aromatic heterocycles. The number of methoxy groups -OCH3 is 1. The molecule has 0 spiro atoms. The standard InChI is InChI=1S/C26H33N5O2S/c1-18-9-7-14-23(19(18)2)28-25(32)17-34-26-30-29-24(31(26)21-11-5-4-6-12-21)16-27-20-10-8-13-22(15-20)33-3/h7-10,13-15,21,27H,4-6,11-12,16-17H2,1-3H3,(H,28,32). The number of amides is 1. The molecule has 0 radical (unpaired) electrons. The second-order valence-corrected chi connectivity index (χ2v) is 9.67. The third-order valence-electron chi connectivity index (χ3n) is 6.41. The number of hydrogen-bond acceptors (Lipinski definition) is 6. The van der Waals surface area contributed by atoms with Crippen LogP contribution in [0, 0.1) is 13.8 Å². The van der Waals surface area contributed by atoms with Gasteiger partial charge >= 0.3 is 0 Å². The van der Waals surface area contributed by atoms with Crippen molar-refractivity contribution in [2.45, 2.75) is 63.7 Å². The van der Waals surface area contributed by atoms with Gasteiger partial charge in [-0.15, -0.1) is 10.2 Å². The Bertz CT molecular complexity index is 1120. The Kier molecular flexibility index (Phi) is 8.11. The highest BCUT2D eigenvalue weighted by Crippen LogP contribution is 2.33. The van der Waals surface area contributed by atoms with Crippen molar-refractivity contribution in [2.75, 3.05) is 23.5 Å². The average molecular weight is 480 g/mol. The first-order chi connectivity index (χ1) is 16.5. The molecule has 1 fully saturated rings. The molecule has 4 rings (SSSR count). The van der Waals surface area contributed by atoms with Crippen LogP contribution in [0.15, 0.2) is 47.6 Å². The second kappa shape index (κ2) is 11.4. The number of carbonyl (C=O) groups is 1. The highest BCUT2D eigenvalue weighted by molar-refractivity contribution is 7.99. The largest absolute Gasteiger partial charge is 0.497 e. The molecule has 1 saturated carbocycles. The maximum absolute atomic E-state index is 12.7. The molecule has 0 unspecified atom stereocenters. The maximum Gasteiger partial charge on any atom is 0.234 e. The van der Waals surface area contributed by atoms with E-state index in [1.165, 1.54) is 31.0 Å². The lowest BCUT2D eigenvalue weighted by molar-refractivity contribution is -0.113. The lowest BCUT2D eigenvalue weighted by Gasteiger charge is -2.25. The molecule has 1 heterocycles. The van der Waals surface area contributed by atoms with Gasteiger partial charge in [0.2, 0.25) is 5.91 Å². The fraction of sp³-hybridized carbons (Fsp3) is 0.423. The average Bonchev–Trinajstić information content (AvgIpc) is 3.28. The summed E-state index contributed by atoms with van der Waals surface area (Å²) >= 11 is 1.46. The summed E-state index contributed by atoms with van der Waals surface area (Å²) in [6.07, 6.45) is 5.93. The highest BCUT2D eigenvalue weighted by atomic mass is 32.2. The number of aromatic nitrogens is 3. The van der Waals surface area contributed by atoms with Crippen LogP contribution in [0.1, 0.15) is 55.1 Å². The van der Waals surface area contributed by atoms with E-state index < -0.39 is 0 Å². The molecule has 0 atom stereocenters. The molecule has 180 valence electrons. The zero-order chi connectivity index (χ0) is 23.9. The number of hydrogen-bond donors (Lipinski definition) is 2. The van der Waals surface area contributed by atoms with E-state index in [-0.39, 0.29) is 5.91 Å². The summed E-state index contributed by atoms with van der Waals surface area (Å²) in [5.74, 6) is 1.96. The molecule has 7 nitrogen and oxygen atoms in total. The van der Waals surface area contributed by atoms with Gasteiger partial charge in [-0.05, 0) is 56.0 Å². The van der Waals surface area contributed by atoms with Gasteiger partial charge in [0.15, 0.2) is 11.0 Å². The molecule has 2 N–H and O–H groups in total. The SMILES string of the molecule is COc1cccc(NCc2nnc(SCC(=O)Nc3cccc(C)c3C)n2C2CCCCC2)c1. The minimum Gasteiger partial charge on any atom is -0.497 e. The fourth-order valence-electron chi connectivity index (χ4n) is 4.35. The van der Waals surface area contributed by atoms with E-state index >= 15 is 0 Å². The van der Waals surface area contributed by atoms with E-state index in [1.54, 1.807) is 7.11 Å². The van der Waals surface area contributed by atoms with Crippen LogP contribution in [0.25, 0.3) is 0 Å². The Morgan fingerprint density at radius 1 is 1.12 bits per heavy atom. The zero-order valence-electron chi connectivity index (χ0n) is 20.1. The Balaban J connectivity index is 1.46. The number of carbonyl (C=O) groups excluding carboxylic acids is 1. The molecule has 34 heavy (non-hydrogen) atoms. The Morgan fingerprint density at radius 3 is 2.71 bits per heavy atom. The molecule has 0 aliphatic heterocycles. The van der Waals surface area contributed by atoms with Crippen molar-refractivity contribution in [1.29, 1.82) is 0 Å². The van der Waals surface area contributed by atoms with Crippen LogP contribution in [0.3, 0.4) is 0 Å². The van der Waals surface area contributed by atoms with Crippen molar-refractivity contribution < 1.29 is 9.53 Å². The second-order valence-electron chi connectivity index (χ2n) is 8.73. The number of aryl methyl sites for hydroxylation is 1. The normalized spacial score (nSPS) is 14.1. The monoisotopic (exact) mass is 479 g/mol. The summed E-state index contributed by atoms with van der Waals surface area (Å²) in [6.45, 7) is 4.64. The zero-order valence-corrected chi connectivity index (χ0v) is 21.0. The van der Waals surface area contributed by atoms with E-state index in [9.17, 15) is 4.79 Å². The highest BCUT2D eigenvalue weighted by Gasteiger charge is 2.23. The van der Waals surface area contributed by atoms with Crippen LogP contribution in [0.2, 0.25) is 0 Å². The van der Waals surface area contributed by atoms with Gasteiger partial charge in [-0.2, -0.15) is 0 Å². The topological polar surface area (TPSA) is 81.1 Å². The molecule has 0 bridgehead atoms. The minimum absolute atomic E-state index is 0.0343. The first kappa shape index (κ1) is 24.1. The van der Waals surface area contributed by atoms with Gasteiger partial charge in [0.05, 0.1) is 19.4 Å². The number of benzene rings is 2.